The van der Waals surface area contributed by atoms with Crippen molar-refractivity contribution in [2.24, 2.45) is 5.92 Å². The zero-order valence-corrected chi connectivity index (χ0v) is 15.8. The van der Waals surface area contributed by atoms with Crippen LogP contribution in [0.2, 0.25) is 0 Å². The van der Waals surface area contributed by atoms with Gasteiger partial charge in [-0.15, -0.1) is 12.4 Å². The summed E-state index contributed by atoms with van der Waals surface area (Å²) in [6.45, 7) is 7.52. The van der Waals surface area contributed by atoms with E-state index in [0.717, 1.165) is 32.5 Å². The minimum absolute atomic E-state index is 0. The van der Waals surface area contributed by atoms with Gasteiger partial charge >= 0.3 is 0 Å². The van der Waals surface area contributed by atoms with Crippen LogP contribution < -0.4 is 14.8 Å². The van der Waals surface area contributed by atoms with Crippen LogP contribution in [0.5, 0.6) is 11.5 Å². The largest absolute Gasteiger partial charge is 0.486 e. The van der Waals surface area contributed by atoms with Crippen LogP contribution >= 0.6 is 12.4 Å². The second-order valence-corrected chi connectivity index (χ2v) is 6.68. The van der Waals surface area contributed by atoms with E-state index in [4.69, 9.17) is 9.47 Å². The number of unbranched alkanes of at least 4 members (excludes halogenated alkanes) is 1. The Kier molecular flexibility index (Phi) is 7.85. The van der Waals surface area contributed by atoms with Crippen molar-refractivity contribution in [1.82, 2.24) is 10.2 Å². The molecule has 0 aliphatic carbocycles. The molecule has 25 heavy (non-hydrogen) atoms. The fourth-order valence-electron chi connectivity index (χ4n) is 3.38. The van der Waals surface area contributed by atoms with Gasteiger partial charge < -0.3 is 19.7 Å². The standard InChI is InChI=1S/C19H28N2O3.ClH/c1-2-3-9-21-10-7-15(8-11-21)14-20-19(22)16-5-4-6-17-18(16)24-13-12-23-17;/h4-6,15H,2-3,7-14H2,1H3,(H,20,22);1H. The van der Waals surface area contributed by atoms with Crippen LogP contribution in [0, 0.1) is 5.92 Å². The van der Waals surface area contributed by atoms with Crippen LogP contribution in [0.25, 0.3) is 0 Å². The summed E-state index contributed by atoms with van der Waals surface area (Å²) in [6.07, 6.45) is 4.86. The lowest BCUT2D eigenvalue weighted by atomic mass is 9.96. The van der Waals surface area contributed by atoms with Crippen molar-refractivity contribution in [2.75, 3.05) is 39.4 Å². The number of carbonyl (C=O) groups excluding carboxylic acids is 1. The number of hydrogen-bond donors (Lipinski definition) is 1. The lowest BCUT2D eigenvalue weighted by molar-refractivity contribution is 0.0925. The minimum atomic E-state index is -0.0641. The first-order valence-electron chi connectivity index (χ1n) is 9.17. The second kappa shape index (κ2) is 9.88. The highest BCUT2D eigenvalue weighted by Crippen LogP contribution is 2.33. The molecule has 140 valence electrons. The Balaban J connectivity index is 0.00000225. The maximum atomic E-state index is 12.5. The molecule has 1 aromatic rings. The molecule has 6 heteroatoms. The number of para-hydroxylation sites is 1. The van der Waals surface area contributed by atoms with Crippen LogP contribution in [0.3, 0.4) is 0 Å². The summed E-state index contributed by atoms with van der Waals surface area (Å²) in [4.78, 5) is 15.1. The highest BCUT2D eigenvalue weighted by molar-refractivity contribution is 5.97. The van der Waals surface area contributed by atoms with Gasteiger partial charge in [-0.2, -0.15) is 0 Å². The third-order valence-electron chi connectivity index (χ3n) is 4.90. The van der Waals surface area contributed by atoms with Crippen molar-refractivity contribution in [1.29, 1.82) is 0 Å². The molecule has 0 atom stereocenters. The van der Waals surface area contributed by atoms with Crippen molar-refractivity contribution >= 4 is 18.3 Å². The zero-order valence-electron chi connectivity index (χ0n) is 15.0. The van der Waals surface area contributed by atoms with E-state index < -0.39 is 0 Å². The number of nitrogens with one attached hydrogen (secondary N) is 1. The number of halogens is 1. The van der Waals surface area contributed by atoms with E-state index >= 15 is 0 Å². The molecular weight excluding hydrogens is 340 g/mol. The molecule has 1 amide bonds. The maximum absolute atomic E-state index is 12.5. The average Bonchev–Trinajstić information content (AvgIpc) is 2.64. The number of piperidine rings is 1. The fraction of sp³-hybridized carbons (Fsp3) is 0.632. The summed E-state index contributed by atoms with van der Waals surface area (Å²) >= 11 is 0. The van der Waals surface area contributed by atoms with E-state index in [1.165, 1.54) is 19.4 Å². The Morgan fingerprint density at radius 1 is 1.24 bits per heavy atom. The van der Waals surface area contributed by atoms with Crippen LogP contribution in [-0.2, 0) is 0 Å². The first-order chi connectivity index (χ1) is 11.8. The SMILES string of the molecule is CCCCN1CCC(CNC(=O)c2cccc3c2OCCO3)CC1.Cl. The highest BCUT2D eigenvalue weighted by atomic mass is 35.5. The average molecular weight is 369 g/mol. The highest BCUT2D eigenvalue weighted by Gasteiger charge is 2.22. The van der Waals surface area contributed by atoms with Gasteiger partial charge in [0.1, 0.15) is 13.2 Å². The van der Waals surface area contributed by atoms with Crippen LogP contribution in [0.1, 0.15) is 43.0 Å². The lowest BCUT2D eigenvalue weighted by Gasteiger charge is -2.32. The number of nitrogens with zero attached hydrogens (tertiary/aromatic N) is 1. The number of likely N-dealkylation sites (tertiary alicyclic amines) is 1. The van der Waals surface area contributed by atoms with E-state index in [1.807, 2.05) is 12.1 Å². The molecule has 2 aliphatic heterocycles. The summed E-state index contributed by atoms with van der Waals surface area (Å²) < 4.78 is 11.2. The van der Waals surface area contributed by atoms with Gasteiger partial charge in [-0.3, -0.25) is 4.79 Å². The quantitative estimate of drug-likeness (QED) is 0.838. The van der Waals surface area contributed by atoms with E-state index in [9.17, 15) is 4.79 Å². The zero-order chi connectivity index (χ0) is 16.8. The molecule has 0 radical (unpaired) electrons. The third kappa shape index (κ3) is 5.25. The number of amides is 1. The van der Waals surface area contributed by atoms with Crippen molar-refractivity contribution < 1.29 is 14.3 Å². The number of rotatable bonds is 6. The second-order valence-electron chi connectivity index (χ2n) is 6.68. The third-order valence-corrected chi connectivity index (χ3v) is 4.90. The molecule has 0 spiro atoms. The lowest BCUT2D eigenvalue weighted by Crippen LogP contribution is -2.39. The first-order valence-corrected chi connectivity index (χ1v) is 9.17. The summed E-state index contributed by atoms with van der Waals surface area (Å²) in [5, 5.41) is 3.08. The topological polar surface area (TPSA) is 50.8 Å². The van der Waals surface area contributed by atoms with Crippen LogP contribution in [-0.4, -0.2) is 50.2 Å². The smallest absolute Gasteiger partial charge is 0.255 e. The van der Waals surface area contributed by atoms with Crippen molar-refractivity contribution in [3.8, 4) is 11.5 Å². The molecule has 0 unspecified atom stereocenters. The molecule has 1 aromatic carbocycles. The molecule has 2 heterocycles. The normalized spacial score (nSPS) is 17.6. The van der Waals surface area contributed by atoms with Gasteiger partial charge in [0.15, 0.2) is 11.5 Å². The van der Waals surface area contributed by atoms with Crippen molar-refractivity contribution in [3.05, 3.63) is 23.8 Å². The first kappa shape index (κ1) is 19.9. The molecule has 1 N–H and O–H groups in total. The molecule has 3 rings (SSSR count). The summed E-state index contributed by atoms with van der Waals surface area (Å²) in [5.74, 6) is 1.75. The summed E-state index contributed by atoms with van der Waals surface area (Å²) in [6, 6.07) is 5.49. The van der Waals surface area contributed by atoms with E-state index in [-0.39, 0.29) is 18.3 Å². The number of carbonyl (C=O) groups is 1. The predicted octanol–water partition coefficient (Wildman–Crippen LogP) is 3.12. The molecule has 1 fully saturated rings. The maximum Gasteiger partial charge on any atom is 0.255 e. The van der Waals surface area contributed by atoms with Crippen molar-refractivity contribution in [3.63, 3.8) is 0 Å². The molecule has 0 bridgehead atoms. The number of fused-ring (bicyclic) bond motifs is 1. The van der Waals surface area contributed by atoms with Gasteiger partial charge in [0.25, 0.3) is 5.91 Å². The Morgan fingerprint density at radius 3 is 2.76 bits per heavy atom. The minimum Gasteiger partial charge on any atom is -0.486 e. The molecule has 1 saturated heterocycles. The molecule has 0 saturated carbocycles. The summed E-state index contributed by atoms with van der Waals surface area (Å²) in [7, 11) is 0. The van der Waals surface area contributed by atoms with Crippen LogP contribution in [0.4, 0.5) is 0 Å². The van der Waals surface area contributed by atoms with E-state index in [1.54, 1.807) is 6.07 Å². The number of hydrogen-bond acceptors (Lipinski definition) is 4. The van der Waals surface area contributed by atoms with Crippen LogP contribution in [0.15, 0.2) is 18.2 Å². The van der Waals surface area contributed by atoms with Gasteiger partial charge in [0.2, 0.25) is 0 Å². The monoisotopic (exact) mass is 368 g/mol. The molecular formula is C19H29ClN2O3. The Labute approximate surface area is 156 Å². The molecule has 2 aliphatic rings. The number of ether oxygens (including phenoxy) is 2. The Hall–Kier alpha value is -1.46. The van der Waals surface area contributed by atoms with Gasteiger partial charge in [-0.25, -0.2) is 0 Å². The molecule has 5 nitrogen and oxygen atoms in total. The Bertz CT molecular complexity index is 560. The molecule has 0 aromatic heterocycles. The number of benzene rings is 1. The Morgan fingerprint density at radius 2 is 2.00 bits per heavy atom. The summed E-state index contributed by atoms with van der Waals surface area (Å²) in [5.41, 5.74) is 0.576. The van der Waals surface area contributed by atoms with E-state index in [0.29, 0.717) is 36.2 Å². The predicted molar refractivity (Wildman–Crippen MR) is 101 cm³/mol. The van der Waals surface area contributed by atoms with Crippen molar-refractivity contribution in [2.45, 2.75) is 32.6 Å². The van der Waals surface area contributed by atoms with Gasteiger partial charge in [0.05, 0.1) is 5.56 Å². The van der Waals surface area contributed by atoms with Gasteiger partial charge in [0, 0.05) is 6.54 Å². The van der Waals surface area contributed by atoms with E-state index in [2.05, 4.69) is 17.1 Å². The van der Waals surface area contributed by atoms with Gasteiger partial charge in [-0.05, 0) is 56.9 Å². The fourth-order valence-corrected chi connectivity index (χ4v) is 3.38. The van der Waals surface area contributed by atoms with Gasteiger partial charge in [-0.1, -0.05) is 19.4 Å².